The van der Waals surface area contributed by atoms with Crippen molar-refractivity contribution in [1.29, 1.82) is 5.26 Å². The highest BCUT2D eigenvalue weighted by atomic mass is 35.5. The Balaban J connectivity index is 1.86. The lowest BCUT2D eigenvalue weighted by molar-refractivity contribution is -0.119. The van der Waals surface area contributed by atoms with E-state index in [9.17, 15) is 4.79 Å². The summed E-state index contributed by atoms with van der Waals surface area (Å²) in [4.78, 5) is 19.1. The van der Waals surface area contributed by atoms with E-state index in [1.54, 1.807) is 0 Å². The molecule has 106 valence electrons. The van der Waals surface area contributed by atoms with Gasteiger partial charge in [-0.05, 0) is 25.7 Å². The molecule has 0 aliphatic heterocycles. The summed E-state index contributed by atoms with van der Waals surface area (Å²) in [7, 11) is 0. The molecule has 1 aliphatic rings. The van der Waals surface area contributed by atoms with E-state index in [0.29, 0.717) is 0 Å². The molecule has 1 saturated carbocycles. The van der Waals surface area contributed by atoms with Gasteiger partial charge >= 0.3 is 0 Å². The summed E-state index contributed by atoms with van der Waals surface area (Å²) in [6.45, 7) is 0. The van der Waals surface area contributed by atoms with Gasteiger partial charge in [-0.1, -0.05) is 0 Å². The number of halogens is 1. The summed E-state index contributed by atoms with van der Waals surface area (Å²) in [5, 5.41) is 11.8. The van der Waals surface area contributed by atoms with E-state index >= 15 is 0 Å². The van der Waals surface area contributed by atoms with Crippen molar-refractivity contribution in [3.05, 3.63) is 18.1 Å². The van der Waals surface area contributed by atoms with Crippen LogP contribution in [0.4, 0.5) is 0 Å². The predicted molar refractivity (Wildman–Crippen MR) is 72.3 cm³/mol. The first-order chi connectivity index (χ1) is 9.72. The Morgan fingerprint density at radius 3 is 2.75 bits per heavy atom. The zero-order chi connectivity index (χ0) is 14.4. The Kier molecular flexibility index (Phi) is 5.13. The molecule has 1 amide bonds. The van der Waals surface area contributed by atoms with Gasteiger partial charge in [-0.2, -0.15) is 5.26 Å². The molecule has 0 radical (unpaired) electrons. The van der Waals surface area contributed by atoms with Crippen molar-refractivity contribution in [2.45, 2.75) is 37.8 Å². The van der Waals surface area contributed by atoms with Crippen molar-refractivity contribution in [2.24, 2.45) is 0 Å². The molecule has 7 heteroatoms. The standard InChI is InChI=1S/C13H15ClN4O2/c14-7-12(19)18-9-1-3-10(4-2-9)20-13-11(8-15)16-5-6-17-13/h5-6,9-10H,1-4,7H2,(H,18,19). The summed E-state index contributed by atoms with van der Waals surface area (Å²) in [5.41, 5.74) is 0.199. The van der Waals surface area contributed by atoms with Crippen LogP contribution in [0.1, 0.15) is 31.4 Å². The van der Waals surface area contributed by atoms with Crippen LogP contribution in [0.25, 0.3) is 0 Å². The van der Waals surface area contributed by atoms with E-state index in [0.717, 1.165) is 25.7 Å². The fourth-order valence-corrected chi connectivity index (χ4v) is 2.31. The van der Waals surface area contributed by atoms with E-state index < -0.39 is 0 Å². The topological polar surface area (TPSA) is 87.9 Å². The average molecular weight is 295 g/mol. The van der Waals surface area contributed by atoms with Gasteiger partial charge < -0.3 is 10.1 Å². The van der Waals surface area contributed by atoms with Crippen LogP contribution in [0.3, 0.4) is 0 Å². The van der Waals surface area contributed by atoms with Crippen molar-refractivity contribution in [3.63, 3.8) is 0 Å². The quantitative estimate of drug-likeness (QED) is 0.848. The van der Waals surface area contributed by atoms with Gasteiger partial charge in [-0.15, -0.1) is 11.6 Å². The van der Waals surface area contributed by atoms with Crippen molar-refractivity contribution >= 4 is 17.5 Å². The summed E-state index contributed by atoms with van der Waals surface area (Å²) in [6.07, 6.45) is 6.23. The number of ether oxygens (including phenoxy) is 1. The zero-order valence-corrected chi connectivity index (χ0v) is 11.6. The normalized spacial score (nSPS) is 21.8. The van der Waals surface area contributed by atoms with Crippen LogP contribution < -0.4 is 10.1 Å². The van der Waals surface area contributed by atoms with Gasteiger partial charge in [0, 0.05) is 18.4 Å². The number of alkyl halides is 1. The van der Waals surface area contributed by atoms with Crippen LogP contribution in [-0.2, 0) is 4.79 Å². The summed E-state index contributed by atoms with van der Waals surface area (Å²) in [6, 6.07) is 2.11. The minimum Gasteiger partial charge on any atom is -0.472 e. The first-order valence-corrected chi connectivity index (χ1v) is 6.99. The van der Waals surface area contributed by atoms with Crippen molar-refractivity contribution in [3.8, 4) is 11.9 Å². The number of nitrogens with one attached hydrogen (secondary N) is 1. The molecule has 0 aromatic carbocycles. The molecule has 0 atom stereocenters. The van der Waals surface area contributed by atoms with Crippen LogP contribution >= 0.6 is 11.6 Å². The fourth-order valence-electron chi connectivity index (χ4n) is 2.24. The lowest BCUT2D eigenvalue weighted by Crippen LogP contribution is -2.40. The molecule has 1 heterocycles. The molecule has 1 aliphatic carbocycles. The van der Waals surface area contributed by atoms with Gasteiger partial charge in [-0.3, -0.25) is 4.79 Å². The smallest absolute Gasteiger partial charge is 0.251 e. The van der Waals surface area contributed by atoms with Gasteiger partial charge in [0.05, 0.1) is 0 Å². The molecule has 0 saturated heterocycles. The van der Waals surface area contributed by atoms with Gasteiger partial charge in [0.1, 0.15) is 18.1 Å². The maximum atomic E-state index is 11.2. The molecule has 6 nitrogen and oxygen atoms in total. The molecule has 0 bridgehead atoms. The van der Waals surface area contributed by atoms with Crippen LogP contribution in [-0.4, -0.2) is 33.9 Å². The maximum absolute atomic E-state index is 11.2. The van der Waals surface area contributed by atoms with Crippen LogP contribution in [0.2, 0.25) is 0 Å². The molecule has 20 heavy (non-hydrogen) atoms. The highest BCUT2D eigenvalue weighted by molar-refractivity contribution is 6.27. The monoisotopic (exact) mass is 294 g/mol. The number of nitrogens with zero attached hydrogens (tertiary/aromatic N) is 3. The summed E-state index contributed by atoms with van der Waals surface area (Å²) in [5.74, 6) is 0.127. The van der Waals surface area contributed by atoms with Crippen molar-refractivity contribution in [1.82, 2.24) is 15.3 Å². The SMILES string of the molecule is N#Cc1nccnc1OC1CCC(NC(=O)CCl)CC1. The highest BCUT2D eigenvalue weighted by Gasteiger charge is 2.24. The number of hydrogen-bond acceptors (Lipinski definition) is 5. The molecule has 0 spiro atoms. The second-order valence-corrected chi connectivity index (χ2v) is 4.88. The lowest BCUT2D eigenvalue weighted by atomic mass is 9.93. The van der Waals surface area contributed by atoms with E-state index in [1.165, 1.54) is 12.4 Å². The van der Waals surface area contributed by atoms with Gasteiger partial charge in [-0.25, -0.2) is 9.97 Å². The minimum absolute atomic E-state index is 0.00273. The van der Waals surface area contributed by atoms with Crippen molar-refractivity contribution in [2.75, 3.05) is 5.88 Å². The van der Waals surface area contributed by atoms with Gasteiger partial charge in [0.15, 0.2) is 0 Å². The van der Waals surface area contributed by atoms with Gasteiger partial charge in [0.2, 0.25) is 11.6 Å². The third kappa shape index (κ3) is 3.81. The van der Waals surface area contributed by atoms with Crippen LogP contribution in [0.5, 0.6) is 5.88 Å². The van der Waals surface area contributed by atoms with E-state index in [1.807, 2.05) is 6.07 Å². The van der Waals surface area contributed by atoms with Gasteiger partial charge in [0.25, 0.3) is 5.88 Å². The number of amides is 1. The minimum atomic E-state index is -0.142. The molecule has 1 N–H and O–H groups in total. The second kappa shape index (κ2) is 7.06. The molecule has 1 fully saturated rings. The number of nitriles is 1. The Hall–Kier alpha value is -1.87. The van der Waals surface area contributed by atoms with Crippen LogP contribution in [0, 0.1) is 11.3 Å². The van der Waals surface area contributed by atoms with E-state index in [4.69, 9.17) is 21.6 Å². The molecule has 1 aromatic heterocycles. The fraction of sp³-hybridized carbons (Fsp3) is 0.538. The Bertz CT molecular complexity index is 509. The number of carbonyl (C=O) groups is 1. The number of hydrogen-bond donors (Lipinski definition) is 1. The average Bonchev–Trinajstić information content (AvgIpc) is 2.49. The first-order valence-electron chi connectivity index (χ1n) is 6.46. The largest absolute Gasteiger partial charge is 0.472 e. The molecule has 1 aromatic rings. The Morgan fingerprint density at radius 2 is 2.10 bits per heavy atom. The molecular formula is C13H15ClN4O2. The first kappa shape index (κ1) is 14.5. The van der Waals surface area contributed by atoms with Crippen molar-refractivity contribution < 1.29 is 9.53 Å². The number of aromatic nitrogens is 2. The second-order valence-electron chi connectivity index (χ2n) is 4.61. The van der Waals surface area contributed by atoms with E-state index in [-0.39, 0.29) is 35.5 Å². The number of rotatable bonds is 4. The highest BCUT2D eigenvalue weighted by Crippen LogP contribution is 2.23. The summed E-state index contributed by atoms with van der Waals surface area (Å²) < 4.78 is 5.72. The maximum Gasteiger partial charge on any atom is 0.251 e. The molecule has 0 unspecified atom stereocenters. The van der Waals surface area contributed by atoms with E-state index in [2.05, 4.69) is 15.3 Å². The predicted octanol–water partition coefficient (Wildman–Crippen LogP) is 1.39. The summed E-state index contributed by atoms with van der Waals surface area (Å²) >= 11 is 5.46. The Morgan fingerprint density at radius 1 is 1.40 bits per heavy atom. The van der Waals surface area contributed by atoms with Crippen LogP contribution in [0.15, 0.2) is 12.4 Å². The Labute approximate surface area is 122 Å². The molecular weight excluding hydrogens is 280 g/mol. The lowest BCUT2D eigenvalue weighted by Gasteiger charge is -2.29. The number of carbonyl (C=O) groups excluding carboxylic acids is 1. The molecule has 2 rings (SSSR count). The zero-order valence-electron chi connectivity index (χ0n) is 10.9. The third-order valence-electron chi connectivity index (χ3n) is 3.21. The third-order valence-corrected chi connectivity index (χ3v) is 3.45.